The summed E-state index contributed by atoms with van der Waals surface area (Å²) >= 11 is 0. The quantitative estimate of drug-likeness (QED) is 0.427. The number of aryl methyl sites for hydroxylation is 1. The van der Waals surface area contributed by atoms with E-state index in [4.69, 9.17) is 10.7 Å². The molecule has 2 aromatic carbocycles. The molecule has 1 aliphatic heterocycles. The molecule has 0 amide bonds. The van der Waals surface area contributed by atoms with Crippen molar-refractivity contribution >= 4 is 16.9 Å². The number of nitrogens with two attached hydrogens (primary N) is 1. The summed E-state index contributed by atoms with van der Waals surface area (Å²) < 4.78 is 18.0. The van der Waals surface area contributed by atoms with Crippen LogP contribution in [-0.4, -0.2) is 29.2 Å². The SMILES string of the molecule is Nc1nccc(-c2c(-c3ccc(F)cc3)nc3n2C(Cn2ccc4cc(O)ccc42)CC3)n1. The van der Waals surface area contributed by atoms with Crippen LogP contribution >= 0.6 is 0 Å². The average Bonchev–Trinajstić information content (AvgIpc) is 3.49. The maximum absolute atomic E-state index is 13.6. The van der Waals surface area contributed by atoms with Crippen LogP contribution < -0.4 is 5.73 Å². The molecule has 0 saturated carbocycles. The second-order valence-corrected chi connectivity index (χ2v) is 8.31. The molecule has 8 heteroatoms. The first-order chi connectivity index (χ1) is 16.1. The molecule has 3 aromatic heterocycles. The zero-order valence-electron chi connectivity index (χ0n) is 17.7. The van der Waals surface area contributed by atoms with Gasteiger partial charge in [-0.2, -0.15) is 0 Å². The van der Waals surface area contributed by atoms with Gasteiger partial charge in [0.15, 0.2) is 0 Å². The van der Waals surface area contributed by atoms with E-state index in [-0.39, 0.29) is 23.6 Å². The molecular weight excluding hydrogens is 419 g/mol. The molecule has 4 heterocycles. The van der Waals surface area contributed by atoms with Gasteiger partial charge in [0, 0.05) is 41.8 Å². The number of aromatic hydroxyl groups is 1. The highest BCUT2D eigenvalue weighted by molar-refractivity contribution is 5.82. The zero-order chi connectivity index (χ0) is 22.5. The predicted octanol–water partition coefficient (Wildman–Crippen LogP) is 4.58. The van der Waals surface area contributed by atoms with Crippen LogP contribution in [-0.2, 0) is 13.0 Å². The summed E-state index contributed by atoms with van der Waals surface area (Å²) in [5, 5.41) is 10.8. The Morgan fingerprint density at radius 1 is 1.06 bits per heavy atom. The minimum Gasteiger partial charge on any atom is -0.508 e. The summed E-state index contributed by atoms with van der Waals surface area (Å²) in [7, 11) is 0. The minimum atomic E-state index is -0.290. The van der Waals surface area contributed by atoms with Gasteiger partial charge in [-0.25, -0.2) is 19.3 Å². The van der Waals surface area contributed by atoms with Crippen molar-refractivity contribution in [3.8, 4) is 28.4 Å². The van der Waals surface area contributed by atoms with Gasteiger partial charge in [-0.1, -0.05) is 0 Å². The molecule has 0 aliphatic carbocycles. The highest BCUT2D eigenvalue weighted by Gasteiger charge is 2.31. The zero-order valence-corrected chi connectivity index (χ0v) is 17.7. The van der Waals surface area contributed by atoms with Crippen LogP contribution in [0.4, 0.5) is 10.3 Å². The third kappa shape index (κ3) is 3.31. The molecule has 5 aromatic rings. The van der Waals surface area contributed by atoms with Gasteiger partial charge in [0.25, 0.3) is 0 Å². The number of rotatable bonds is 4. The summed E-state index contributed by atoms with van der Waals surface area (Å²) in [6, 6.07) is 15.8. The fourth-order valence-electron chi connectivity index (χ4n) is 4.78. The van der Waals surface area contributed by atoms with E-state index in [0.29, 0.717) is 5.69 Å². The van der Waals surface area contributed by atoms with E-state index >= 15 is 0 Å². The number of fused-ring (bicyclic) bond motifs is 2. The van der Waals surface area contributed by atoms with E-state index < -0.39 is 0 Å². The van der Waals surface area contributed by atoms with E-state index in [1.54, 1.807) is 30.5 Å². The normalized spacial score (nSPS) is 15.2. The minimum absolute atomic E-state index is 0.150. The molecular formula is C25H21FN6O. The number of imidazole rings is 1. The second-order valence-electron chi connectivity index (χ2n) is 8.31. The third-order valence-corrected chi connectivity index (χ3v) is 6.25. The summed E-state index contributed by atoms with van der Waals surface area (Å²) in [6.45, 7) is 0.744. The van der Waals surface area contributed by atoms with Gasteiger partial charge in [0.2, 0.25) is 5.95 Å². The van der Waals surface area contributed by atoms with E-state index in [0.717, 1.165) is 53.1 Å². The van der Waals surface area contributed by atoms with E-state index in [2.05, 4.69) is 19.1 Å². The standard InChI is InChI=1S/C25H21FN6O/c26-17-3-1-15(2-4-17)23-24(20-9-11-28-25(27)29-20)32-18(5-8-22(32)30-23)14-31-12-10-16-13-19(33)6-7-21(16)31/h1-4,6-7,9-13,18,33H,5,8,14H2,(H2,27,28,29). The maximum atomic E-state index is 13.6. The van der Waals surface area contributed by atoms with Crippen molar-refractivity contribution in [2.75, 3.05) is 5.73 Å². The number of hydrogen-bond donors (Lipinski definition) is 2. The van der Waals surface area contributed by atoms with Gasteiger partial charge >= 0.3 is 0 Å². The number of nitrogens with zero attached hydrogens (tertiary/aromatic N) is 5. The lowest BCUT2D eigenvalue weighted by Crippen LogP contribution is -2.13. The van der Waals surface area contributed by atoms with Gasteiger partial charge in [-0.3, -0.25) is 0 Å². The first-order valence-electron chi connectivity index (χ1n) is 10.8. The van der Waals surface area contributed by atoms with Crippen LogP contribution in [0.15, 0.2) is 67.0 Å². The molecule has 33 heavy (non-hydrogen) atoms. The molecule has 6 rings (SSSR count). The predicted molar refractivity (Wildman–Crippen MR) is 124 cm³/mol. The molecule has 1 unspecified atom stereocenters. The van der Waals surface area contributed by atoms with Gasteiger partial charge in [-0.15, -0.1) is 0 Å². The fourth-order valence-corrected chi connectivity index (χ4v) is 4.78. The number of aromatic nitrogens is 5. The largest absolute Gasteiger partial charge is 0.508 e. The molecule has 0 saturated heterocycles. The molecule has 0 fully saturated rings. The number of benzene rings is 2. The molecule has 0 spiro atoms. The molecule has 1 aliphatic rings. The smallest absolute Gasteiger partial charge is 0.220 e. The van der Waals surface area contributed by atoms with Crippen molar-refractivity contribution < 1.29 is 9.50 Å². The number of nitrogen functional groups attached to an aromatic ring is 1. The van der Waals surface area contributed by atoms with Crippen LogP contribution in [0.3, 0.4) is 0 Å². The summed E-state index contributed by atoms with van der Waals surface area (Å²) in [5.74, 6) is 1.13. The summed E-state index contributed by atoms with van der Waals surface area (Å²) in [5.41, 5.74) is 10.1. The fraction of sp³-hybridized carbons (Fsp3) is 0.160. The lowest BCUT2D eigenvalue weighted by atomic mass is 10.1. The van der Waals surface area contributed by atoms with Crippen molar-refractivity contribution in [2.24, 2.45) is 0 Å². The van der Waals surface area contributed by atoms with Crippen molar-refractivity contribution in [2.45, 2.75) is 25.4 Å². The Kier molecular flexibility index (Phi) is 4.39. The van der Waals surface area contributed by atoms with Crippen LogP contribution in [0, 0.1) is 5.82 Å². The molecule has 164 valence electrons. The maximum Gasteiger partial charge on any atom is 0.220 e. The number of phenols is 1. The van der Waals surface area contributed by atoms with Crippen LogP contribution in [0.25, 0.3) is 33.5 Å². The Morgan fingerprint density at radius 3 is 2.73 bits per heavy atom. The van der Waals surface area contributed by atoms with Gasteiger partial charge in [-0.05, 0) is 61.0 Å². The molecule has 0 radical (unpaired) electrons. The monoisotopic (exact) mass is 440 g/mol. The van der Waals surface area contributed by atoms with Crippen LogP contribution in [0.2, 0.25) is 0 Å². The first kappa shape index (κ1) is 19.5. The highest BCUT2D eigenvalue weighted by Crippen LogP contribution is 2.40. The summed E-state index contributed by atoms with van der Waals surface area (Å²) in [6.07, 6.45) is 5.46. The van der Waals surface area contributed by atoms with E-state index in [9.17, 15) is 9.50 Å². The molecule has 3 N–H and O–H groups in total. The second kappa shape index (κ2) is 7.44. The number of phenolic OH excluding ortho intramolecular Hbond substituents is 1. The van der Waals surface area contributed by atoms with E-state index in [1.165, 1.54) is 12.1 Å². The number of halogens is 1. The number of anilines is 1. The Balaban J connectivity index is 1.48. The van der Waals surface area contributed by atoms with Crippen molar-refractivity contribution in [1.82, 2.24) is 24.1 Å². The van der Waals surface area contributed by atoms with Gasteiger partial charge in [0.05, 0.1) is 23.1 Å². The lowest BCUT2D eigenvalue weighted by molar-refractivity contribution is 0.459. The Bertz CT molecular complexity index is 1490. The number of hydrogen-bond acceptors (Lipinski definition) is 5. The van der Waals surface area contributed by atoms with Crippen LogP contribution in [0.1, 0.15) is 18.3 Å². The summed E-state index contributed by atoms with van der Waals surface area (Å²) in [4.78, 5) is 13.5. The van der Waals surface area contributed by atoms with Crippen molar-refractivity contribution in [3.05, 3.63) is 78.6 Å². The molecule has 0 bridgehead atoms. The van der Waals surface area contributed by atoms with E-state index in [1.807, 2.05) is 24.4 Å². The van der Waals surface area contributed by atoms with Crippen LogP contribution in [0.5, 0.6) is 5.75 Å². The van der Waals surface area contributed by atoms with Gasteiger partial charge in [0.1, 0.15) is 17.4 Å². The lowest BCUT2D eigenvalue weighted by Gasteiger charge is -2.19. The first-order valence-corrected chi connectivity index (χ1v) is 10.8. The third-order valence-electron chi connectivity index (χ3n) is 6.25. The Hall–Kier alpha value is -4.20. The Morgan fingerprint density at radius 2 is 1.91 bits per heavy atom. The molecule has 1 atom stereocenters. The van der Waals surface area contributed by atoms with Crippen molar-refractivity contribution in [3.63, 3.8) is 0 Å². The Labute approximate surface area is 189 Å². The van der Waals surface area contributed by atoms with Crippen molar-refractivity contribution in [1.29, 1.82) is 0 Å². The average molecular weight is 440 g/mol. The topological polar surface area (TPSA) is 94.8 Å². The van der Waals surface area contributed by atoms with Gasteiger partial charge < -0.3 is 20.0 Å². The highest BCUT2D eigenvalue weighted by atomic mass is 19.1. The molecule has 7 nitrogen and oxygen atoms in total.